The molecule has 0 saturated heterocycles. The summed E-state index contributed by atoms with van der Waals surface area (Å²) in [4.78, 5) is 23.1. The third kappa shape index (κ3) is 3.13. The molecule has 0 radical (unpaired) electrons. The second-order valence-electron chi connectivity index (χ2n) is 4.50. The van der Waals surface area contributed by atoms with E-state index in [2.05, 4.69) is 0 Å². The van der Waals surface area contributed by atoms with Crippen molar-refractivity contribution in [1.82, 2.24) is 0 Å². The summed E-state index contributed by atoms with van der Waals surface area (Å²) in [6, 6.07) is 10.5. The second-order valence-corrected chi connectivity index (χ2v) is 4.50. The van der Waals surface area contributed by atoms with Crippen molar-refractivity contribution in [2.24, 2.45) is 0 Å². The van der Waals surface area contributed by atoms with E-state index in [0.29, 0.717) is 5.56 Å². The summed E-state index contributed by atoms with van der Waals surface area (Å²) >= 11 is 0. The van der Waals surface area contributed by atoms with Gasteiger partial charge in [0.1, 0.15) is 5.75 Å². The summed E-state index contributed by atoms with van der Waals surface area (Å²) in [7, 11) is 1.58. The number of esters is 1. The number of hydrogen-bond acceptors (Lipinski definition) is 4. The van der Waals surface area contributed by atoms with Gasteiger partial charge in [0.15, 0.2) is 5.92 Å². The Labute approximate surface area is 122 Å². The van der Waals surface area contributed by atoms with Crippen molar-refractivity contribution in [2.45, 2.75) is 12.8 Å². The molecule has 0 aliphatic carbocycles. The van der Waals surface area contributed by atoms with E-state index in [1.807, 2.05) is 12.1 Å². The van der Waals surface area contributed by atoms with E-state index >= 15 is 0 Å². The van der Waals surface area contributed by atoms with Crippen molar-refractivity contribution >= 4 is 22.7 Å². The highest BCUT2D eigenvalue weighted by atomic mass is 16.5. The Morgan fingerprint density at radius 3 is 2.43 bits per heavy atom. The van der Waals surface area contributed by atoms with Gasteiger partial charge in [0.25, 0.3) is 0 Å². The molecule has 1 unspecified atom stereocenters. The molecule has 21 heavy (non-hydrogen) atoms. The van der Waals surface area contributed by atoms with E-state index in [4.69, 9.17) is 9.47 Å². The molecule has 0 saturated carbocycles. The molecule has 0 amide bonds. The van der Waals surface area contributed by atoms with Crippen molar-refractivity contribution in [3.63, 3.8) is 0 Å². The molecule has 1 N–H and O–H groups in total. The lowest BCUT2D eigenvalue weighted by atomic mass is 9.96. The minimum Gasteiger partial charge on any atom is -0.497 e. The Morgan fingerprint density at radius 2 is 1.81 bits per heavy atom. The van der Waals surface area contributed by atoms with Gasteiger partial charge in [-0.3, -0.25) is 9.59 Å². The third-order valence-electron chi connectivity index (χ3n) is 3.17. The highest BCUT2D eigenvalue weighted by Gasteiger charge is 2.29. The van der Waals surface area contributed by atoms with Crippen LogP contribution in [0.15, 0.2) is 36.4 Å². The van der Waals surface area contributed by atoms with E-state index in [9.17, 15) is 14.7 Å². The van der Waals surface area contributed by atoms with Gasteiger partial charge < -0.3 is 14.6 Å². The zero-order chi connectivity index (χ0) is 15.4. The molecule has 110 valence electrons. The Kier molecular flexibility index (Phi) is 4.42. The van der Waals surface area contributed by atoms with Gasteiger partial charge in [0.2, 0.25) is 0 Å². The van der Waals surface area contributed by atoms with Crippen LogP contribution in [0.4, 0.5) is 0 Å². The van der Waals surface area contributed by atoms with Gasteiger partial charge in [-0.1, -0.05) is 18.2 Å². The van der Waals surface area contributed by atoms with Crippen molar-refractivity contribution in [1.29, 1.82) is 0 Å². The van der Waals surface area contributed by atoms with Crippen LogP contribution in [0, 0.1) is 0 Å². The number of carboxylic acids is 1. The zero-order valence-corrected chi connectivity index (χ0v) is 11.8. The van der Waals surface area contributed by atoms with Gasteiger partial charge in [0, 0.05) is 0 Å². The molecule has 0 aromatic heterocycles. The van der Waals surface area contributed by atoms with E-state index in [1.165, 1.54) is 0 Å². The predicted molar refractivity (Wildman–Crippen MR) is 77.5 cm³/mol. The number of aliphatic carboxylic acids is 1. The van der Waals surface area contributed by atoms with Crippen molar-refractivity contribution in [3.05, 3.63) is 42.0 Å². The maximum absolute atomic E-state index is 11.8. The van der Waals surface area contributed by atoms with Crippen molar-refractivity contribution < 1.29 is 24.2 Å². The monoisotopic (exact) mass is 288 g/mol. The van der Waals surface area contributed by atoms with Crippen LogP contribution in [0.2, 0.25) is 0 Å². The number of carbonyl (C=O) groups is 2. The standard InChI is InChI=1S/C16H16O5/c1-3-21-16(19)14(15(17)18)12-5-4-11-9-13(20-2)7-6-10(11)8-12/h4-9,14H,3H2,1-2H3,(H,17,18). The number of fused-ring (bicyclic) bond motifs is 1. The summed E-state index contributed by atoms with van der Waals surface area (Å²) < 4.78 is 9.97. The van der Waals surface area contributed by atoms with Gasteiger partial charge in [-0.2, -0.15) is 0 Å². The molecular weight excluding hydrogens is 272 g/mol. The van der Waals surface area contributed by atoms with E-state index in [1.54, 1.807) is 38.3 Å². The Hall–Kier alpha value is -2.56. The highest BCUT2D eigenvalue weighted by molar-refractivity contribution is 6.01. The SMILES string of the molecule is CCOC(=O)C(C(=O)O)c1ccc2cc(OC)ccc2c1. The minimum atomic E-state index is -1.31. The summed E-state index contributed by atoms with van der Waals surface area (Å²) in [5.41, 5.74) is 0.401. The number of methoxy groups -OCH3 is 1. The molecule has 0 aliphatic heterocycles. The first-order valence-corrected chi connectivity index (χ1v) is 6.54. The van der Waals surface area contributed by atoms with Crippen molar-refractivity contribution in [3.8, 4) is 5.75 Å². The van der Waals surface area contributed by atoms with E-state index < -0.39 is 17.9 Å². The average molecular weight is 288 g/mol. The van der Waals surface area contributed by atoms with Crippen molar-refractivity contribution in [2.75, 3.05) is 13.7 Å². The fourth-order valence-corrected chi connectivity index (χ4v) is 2.15. The van der Waals surface area contributed by atoms with Gasteiger partial charge in [-0.25, -0.2) is 0 Å². The Bertz CT molecular complexity index is 677. The maximum atomic E-state index is 11.8. The first-order valence-electron chi connectivity index (χ1n) is 6.54. The molecule has 2 aromatic rings. The summed E-state index contributed by atoms with van der Waals surface area (Å²) in [6.07, 6.45) is 0. The number of ether oxygens (including phenoxy) is 2. The van der Waals surface area contributed by atoms with Crippen LogP contribution in [0.25, 0.3) is 10.8 Å². The molecule has 1 atom stereocenters. The third-order valence-corrected chi connectivity index (χ3v) is 3.17. The average Bonchev–Trinajstić information content (AvgIpc) is 2.46. The van der Waals surface area contributed by atoms with Crippen LogP contribution in [0.1, 0.15) is 18.4 Å². The lowest BCUT2D eigenvalue weighted by Gasteiger charge is -2.12. The smallest absolute Gasteiger partial charge is 0.324 e. The van der Waals surface area contributed by atoms with Crippen LogP contribution in [0.5, 0.6) is 5.75 Å². The minimum absolute atomic E-state index is 0.146. The number of rotatable bonds is 5. The molecule has 2 rings (SSSR count). The first kappa shape index (κ1) is 14.8. The zero-order valence-electron chi connectivity index (χ0n) is 11.8. The molecular formula is C16H16O5. The number of carbonyl (C=O) groups excluding carboxylic acids is 1. The molecule has 0 spiro atoms. The van der Waals surface area contributed by atoms with Crippen LogP contribution in [0.3, 0.4) is 0 Å². The van der Waals surface area contributed by atoms with Gasteiger partial charge in [0.05, 0.1) is 13.7 Å². The summed E-state index contributed by atoms with van der Waals surface area (Å²) in [5.74, 6) is -2.56. The molecule has 0 bridgehead atoms. The normalized spacial score (nSPS) is 11.9. The quantitative estimate of drug-likeness (QED) is 0.676. The Morgan fingerprint density at radius 1 is 1.14 bits per heavy atom. The first-order chi connectivity index (χ1) is 10.1. The topological polar surface area (TPSA) is 72.8 Å². The molecule has 2 aromatic carbocycles. The summed E-state index contributed by atoms with van der Waals surface area (Å²) in [6.45, 7) is 1.79. The van der Waals surface area contributed by atoms with Crippen LogP contribution < -0.4 is 4.74 Å². The fraction of sp³-hybridized carbons (Fsp3) is 0.250. The second kappa shape index (κ2) is 6.26. The van der Waals surface area contributed by atoms with E-state index in [-0.39, 0.29) is 6.61 Å². The van der Waals surface area contributed by atoms with E-state index in [0.717, 1.165) is 16.5 Å². The lowest BCUT2D eigenvalue weighted by Crippen LogP contribution is -2.23. The van der Waals surface area contributed by atoms with Gasteiger partial charge in [-0.15, -0.1) is 0 Å². The fourth-order valence-electron chi connectivity index (χ4n) is 2.15. The van der Waals surface area contributed by atoms with Crippen LogP contribution >= 0.6 is 0 Å². The molecule has 5 heteroatoms. The molecule has 0 fully saturated rings. The van der Waals surface area contributed by atoms with Crippen LogP contribution in [-0.2, 0) is 14.3 Å². The Balaban J connectivity index is 2.44. The highest BCUT2D eigenvalue weighted by Crippen LogP contribution is 2.26. The molecule has 0 aliphatic rings. The number of benzene rings is 2. The maximum Gasteiger partial charge on any atom is 0.324 e. The largest absolute Gasteiger partial charge is 0.497 e. The summed E-state index contributed by atoms with van der Waals surface area (Å²) in [5, 5.41) is 11.0. The van der Waals surface area contributed by atoms with Gasteiger partial charge in [-0.05, 0) is 41.5 Å². The molecule has 5 nitrogen and oxygen atoms in total. The number of carboxylic acid groups (broad SMARTS) is 1. The molecule has 0 heterocycles. The van der Waals surface area contributed by atoms with Gasteiger partial charge >= 0.3 is 11.9 Å². The number of hydrogen-bond donors (Lipinski definition) is 1. The lowest BCUT2D eigenvalue weighted by molar-refractivity contribution is -0.153. The predicted octanol–water partition coefficient (Wildman–Crippen LogP) is 2.58. The van der Waals surface area contributed by atoms with Crippen LogP contribution in [-0.4, -0.2) is 30.8 Å².